The number of amides is 3. The van der Waals surface area contributed by atoms with E-state index >= 15 is 0 Å². The van der Waals surface area contributed by atoms with Crippen LogP contribution in [0.25, 0.3) is 16.1 Å². The molecular weight excluding hydrogens is 382 g/mol. The van der Waals surface area contributed by atoms with Gasteiger partial charge < -0.3 is 10.6 Å². The number of pyridine rings is 1. The number of benzene rings is 1. The van der Waals surface area contributed by atoms with Crippen molar-refractivity contribution in [2.75, 3.05) is 5.73 Å². The number of anilines is 1. The standard InChI is InChI=1S/C22H19N5O3/c1-24-16-9-15(11-2-3-11)19(26-20(16)23)12-4-5-14-13(8-12)10-27(22(14)30)17-6-7-18(28)25-21(17)29/h4-5,8-9,11,17H,2-3,6-7,10H2,(H2,23,26)(H,25,28,29). The van der Waals surface area contributed by atoms with Crippen molar-refractivity contribution in [3.05, 3.63) is 52.4 Å². The highest BCUT2D eigenvalue weighted by molar-refractivity contribution is 6.05. The second-order valence-corrected chi connectivity index (χ2v) is 7.99. The predicted molar refractivity (Wildman–Crippen MR) is 108 cm³/mol. The van der Waals surface area contributed by atoms with Crippen LogP contribution in [0.4, 0.5) is 11.5 Å². The molecular formula is C22H19N5O3. The molecule has 8 nitrogen and oxygen atoms in total. The highest BCUT2D eigenvalue weighted by Gasteiger charge is 2.39. The fraction of sp³-hybridized carbons (Fsp3) is 0.318. The molecule has 8 heteroatoms. The molecule has 1 aromatic heterocycles. The van der Waals surface area contributed by atoms with Gasteiger partial charge in [0.15, 0.2) is 0 Å². The molecule has 1 atom stereocenters. The second-order valence-electron chi connectivity index (χ2n) is 7.99. The van der Waals surface area contributed by atoms with Crippen LogP contribution < -0.4 is 11.1 Å². The first-order chi connectivity index (χ1) is 14.5. The molecule has 3 heterocycles. The fourth-order valence-electron chi connectivity index (χ4n) is 4.28. The van der Waals surface area contributed by atoms with Gasteiger partial charge in [0, 0.05) is 24.1 Å². The van der Waals surface area contributed by atoms with Crippen molar-refractivity contribution in [3.63, 3.8) is 0 Å². The molecule has 1 saturated heterocycles. The first kappa shape index (κ1) is 18.3. The van der Waals surface area contributed by atoms with Gasteiger partial charge in [0.2, 0.25) is 17.5 Å². The number of rotatable bonds is 3. The number of hydrogen-bond acceptors (Lipinski definition) is 5. The van der Waals surface area contributed by atoms with Gasteiger partial charge in [-0.05, 0) is 54.5 Å². The Balaban J connectivity index is 1.50. The Morgan fingerprint density at radius 2 is 1.97 bits per heavy atom. The average Bonchev–Trinajstić information content (AvgIpc) is 3.52. The summed E-state index contributed by atoms with van der Waals surface area (Å²) in [4.78, 5) is 46.1. The molecule has 1 aromatic carbocycles. The number of piperidine rings is 1. The van der Waals surface area contributed by atoms with Crippen LogP contribution >= 0.6 is 0 Å². The van der Waals surface area contributed by atoms with Crippen molar-refractivity contribution in [1.29, 1.82) is 0 Å². The predicted octanol–water partition coefficient (Wildman–Crippen LogP) is 2.52. The summed E-state index contributed by atoms with van der Waals surface area (Å²) >= 11 is 0. The monoisotopic (exact) mass is 401 g/mol. The van der Waals surface area contributed by atoms with Gasteiger partial charge in [-0.25, -0.2) is 9.83 Å². The van der Waals surface area contributed by atoms with E-state index < -0.39 is 11.9 Å². The molecule has 3 amide bonds. The Labute approximate surface area is 172 Å². The normalized spacial score (nSPS) is 20.7. The Morgan fingerprint density at radius 3 is 2.67 bits per heavy atom. The van der Waals surface area contributed by atoms with E-state index in [1.54, 1.807) is 6.07 Å². The molecule has 1 saturated carbocycles. The minimum atomic E-state index is -0.639. The lowest BCUT2D eigenvalue weighted by atomic mass is 9.98. The molecule has 2 fully saturated rings. The van der Waals surface area contributed by atoms with E-state index in [1.807, 2.05) is 18.2 Å². The fourth-order valence-corrected chi connectivity index (χ4v) is 4.28. The Bertz CT molecular complexity index is 1160. The van der Waals surface area contributed by atoms with Crippen LogP contribution in [-0.4, -0.2) is 33.6 Å². The molecule has 3 N–H and O–H groups in total. The maximum absolute atomic E-state index is 12.9. The maximum atomic E-state index is 12.9. The van der Waals surface area contributed by atoms with Gasteiger partial charge in [-0.15, -0.1) is 0 Å². The molecule has 0 radical (unpaired) electrons. The lowest BCUT2D eigenvalue weighted by Gasteiger charge is -2.29. The second kappa shape index (κ2) is 6.66. The van der Waals surface area contributed by atoms with Crippen LogP contribution in [0.3, 0.4) is 0 Å². The van der Waals surface area contributed by atoms with Crippen LogP contribution in [-0.2, 0) is 16.1 Å². The highest BCUT2D eigenvalue weighted by atomic mass is 16.2. The van der Waals surface area contributed by atoms with E-state index in [1.165, 1.54) is 4.90 Å². The molecule has 30 heavy (non-hydrogen) atoms. The van der Waals surface area contributed by atoms with Crippen molar-refractivity contribution in [3.8, 4) is 11.3 Å². The Morgan fingerprint density at radius 1 is 1.17 bits per heavy atom. The molecule has 0 bridgehead atoms. The van der Waals surface area contributed by atoms with E-state index in [9.17, 15) is 14.4 Å². The molecule has 2 aliphatic heterocycles. The summed E-state index contributed by atoms with van der Waals surface area (Å²) in [6.45, 7) is 7.61. The van der Waals surface area contributed by atoms with Crippen LogP contribution in [0.1, 0.15) is 53.1 Å². The number of imide groups is 1. The third-order valence-electron chi connectivity index (χ3n) is 5.99. The van der Waals surface area contributed by atoms with Gasteiger partial charge in [0.25, 0.3) is 5.91 Å². The number of aromatic nitrogens is 1. The lowest BCUT2D eigenvalue weighted by Crippen LogP contribution is -2.52. The first-order valence-corrected chi connectivity index (χ1v) is 9.92. The number of hydrogen-bond donors (Lipinski definition) is 2. The molecule has 1 aliphatic carbocycles. The van der Waals surface area contributed by atoms with E-state index in [0.29, 0.717) is 30.1 Å². The lowest BCUT2D eigenvalue weighted by molar-refractivity contribution is -0.136. The SMILES string of the molecule is [C-]#[N+]c1cc(C2CC2)c(-c2ccc3c(c2)CN(C2CCC(=O)NC2=O)C3=O)nc1N. The van der Waals surface area contributed by atoms with Gasteiger partial charge in [0.05, 0.1) is 12.3 Å². The van der Waals surface area contributed by atoms with Crippen molar-refractivity contribution >= 4 is 29.2 Å². The zero-order chi connectivity index (χ0) is 21.0. The third kappa shape index (κ3) is 2.90. The summed E-state index contributed by atoms with van der Waals surface area (Å²) in [5.74, 6) is -0.353. The largest absolute Gasteiger partial charge is 0.392 e. The molecule has 5 rings (SSSR count). The van der Waals surface area contributed by atoms with E-state index in [4.69, 9.17) is 12.3 Å². The summed E-state index contributed by atoms with van der Waals surface area (Å²) in [5.41, 5.74) is 10.3. The van der Waals surface area contributed by atoms with E-state index in [2.05, 4.69) is 15.1 Å². The van der Waals surface area contributed by atoms with Crippen molar-refractivity contribution < 1.29 is 14.4 Å². The molecule has 0 spiro atoms. The number of carbonyl (C=O) groups is 3. The minimum absolute atomic E-state index is 0.200. The number of nitrogens with one attached hydrogen (secondary N) is 1. The number of carbonyl (C=O) groups excluding carboxylic acids is 3. The molecule has 2 aromatic rings. The summed E-state index contributed by atoms with van der Waals surface area (Å²) in [5, 5.41) is 2.31. The Kier molecular flexibility index (Phi) is 4.07. The third-order valence-corrected chi connectivity index (χ3v) is 5.99. The van der Waals surface area contributed by atoms with Gasteiger partial charge in [-0.1, -0.05) is 6.07 Å². The van der Waals surface area contributed by atoms with Crippen LogP contribution in [0.2, 0.25) is 0 Å². The van der Waals surface area contributed by atoms with Crippen molar-refractivity contribution in [1.82, 2.24) is 15.2 Å². The zero-order valence-corrected chi connectivity index (χ0v) is 16.1. The minimum Gasteiger partial charge on any atom is -0.392 e. The number of fused-ring (bicyclic) bond motifs is 1. The maximum Gasteiger partial charge on any atom is 0.255 e. The van der Waals surface area contributed by atoms with Crippen molar-refractivity contribution in [2.45, 2.75) is 44.2 Å². The summed E-state index contributed by atoms with van der Waals surface area (Å²) < 4.78 is 0. The zero-order valence-electron chi connectivity index (χ0n) is 16.1. The number of nitrogen functional groups attached to an aromatic ring is 1. The van der Waals surface area contributed by atoms with Gasteiger partial charge in [0.1, 0.15) is 11.9 Å². The topological polar surface area (TPSA) is 110 Å². The quantitative estimate of drug-likeness (QED) is 0.607. The van der Waals surface area contributed by atoms with E-state index in [0.717, 1.165) is 35.2 Å². The van der Waals surface area contributed by atoms with E-state index in [-0.39, 0.29) is 24.1 Å². The Hall–Kier alpha value is -3.73. The van der Waals surface area contributed by atoms with Crippen molar-refractivity contribution in [2.24, 2.45) is 0 Å². The molecule has 150 valence electrons. The van der Waals surface area contributed by atoms with Crippen LogP contribution in [0, 0.1) is 6.57 Å². The summed E-state index contributed by atoms with van der Waals surface area (Å²) in [6.07, 6.45) is 2.67. The van der Waals surface area contributed by atoms with Gasteiger partial charge in [-0.3, -0.25) is 19.7 Å². The summed E-state index contributed by atoms with van der Waals surface area (Å²) in [7, 11) is 0. The number of nitrogens with zero attached hydrogens (tertiary/aromatic N) is 3. The summed E-state index contributed by atoms with van der Waals surface area (Å²) in [6, 6.07) is 6.71. The first-order valence-electron chi connectivity index (χ1n) is 9.92. The molecule has 3 aliphatic rings. The number of nitrogens with two attached hydrogens (primary N) is 1. The van der Waals surface area contributed by atoms with Gasteiger partial charge in [-0.2, -0.15) is 0 Å². The van der Waals surface area contributed by atoms with Crippen LogP contribution in [0.15, 0.2) is 24.3 Å². The van der Waals surface area contributed by atoms with Crippen LogP contribution in [0.5, 0.6) is 0 Å². The molecule has 1 unspecified atom stereocenters. The van der Waals surface area contributed by atoms with Gasteiger partial charge >= 0.3 is 0 Å². The highest BCUT2D eigenvalue weighted by Crippen LogP contribution is 2.46. The smallest absolute Gasteiger partial charge is 0.255 e. The average molecular weight is 401 g/mol.